The van der Waals surface area contributed by atoms with Crippen LogP contribution in [0, 0.1) is 5.41 Å². The maximum atomic E-state index is 11.9. The minimum absolute atomic E-state index is 0.0352. The zero-order chi connectivity index (χ0) is 13.0. The van der Waals surface area contributed by atoms with Gasteiger partial charge < -0.3 is 11.1 Å². The Hall–Kier alpha value is -1.35. The lowest BCUT2D eigenvalue weighted by Gasteiger charge is -2.38. The second kappa shape index (κ2) is 5.53. The first kappa shape index (κ1) is 13.1. The van der Waals surface area contributed by atoms with Gasteiger partial charge in [0, 0.05) is 6.54 Å². The zero-order valence-corrected chi connectivity index (χ0v) is 11.0. The molecule has 0 saturated heterocycles. The second-order valence-corrected chi connectivity index (χ2v) is 5.68. The third-order valence-electron chi connectivity index (χ3n) is 3.89. The van der Waals surface area contributed by atoms with Crippen LogP contribution in [0.15, 0.2) is 30.3 Å². The fraction of sp³-hybridized carbons (Fsp3) is 0.533. The van der Waals surface area contributed by atoms with Gasteiger partial charge in [-0.25, -0.2) is 0 Å². The molecule has 0 aromatic heterocycles. The third kappa shape index (κ3) is 3.33. The summed E-state index contributed by atoms with van der Waals surface area (Å²) in [5.74, 6) is -0.0352. The number of carbonyl (C=O) groups is 1. The molecule has 1 aliphatic rings. The minimum atomic E-state index is -0.448. The van der Waals surface area contributed by atoms with Crippen LogP contribution in [0.2, 0.25) is 0 Å². The van der Waals surface area contributed by atoms with Crippen LogP contribution < -0.4 is 11.1 Å². The molecule has 0 spiro atoms. The Morgan fingerprint density at radius 2 is 2.06 bits per heavy atom. The average Bonchev–Trinajstić information content (AvgIpc) is 2.34. The molecule has 0 heterocycles. The van der Waals surface area contributed by atoms with E-state index in [0.717, 1.165) is 12.1 Å². The summed E-state index contributed by atoms with van der Waals surface area (Å²) in [5.41, 5.74) is 7.34. The molecule has 1 fully saturated rings. The lowest BCUT2D eigenvalue weighted by atomic mass is 9.70. The first-order chi connectivity index (χ1) is 8.59. The SMILES string of the molecule is CC1(CNC(=O)C(N)Cc2ccccc2)CCC1. The molecule has 1 aromatic carbocycles. The first-order valence-corrected chi connectivity index (χ1v) is 6.66. The smallest absolute Gasteiger partial charge is 0.237 e. The van der Waals surface area contributed by atoms with E-state index in [4.69, 9.17) is 5.73 Å². The summed E-state index contributed by atoms with van der Waals surface area (Å²) < 4.78 is 0. The van der Waals surface area contributed by atoms with Crippen molar-refractivity contribution in [2.75, 3.05) is 6.54 Å². The maximum absolute atomic E-state index is 11.9. The normalized spacial score (nSPS) is 18.8. The van der Waals surface area contributed by atoms with Crippen LogP contribution in [0.1, 0.15) is 31.7 Å². The van der Waals surface area contributed by atoms with Crippen LogP contribution >= 0.6 is 0 Å². The van der Waals surface area contributed by atoms with Gasteiger partial charge in [-0.15, -0.1) is 0 Å². The molecule has 3 N–H and O–H groups in total. The molecule has 1 aromatic rings. The molecule has 3 nitrogen and oxygen atoms in total. The van der Waals surface area contributed by atoms with Gasteiger partial charge in [-0.1, -0.05) is 43.7 Å². The first-order valence-electron chi connectivity index (χ1n) is 6.66. The molecule has 2 rings (SSSR count). The highest BCUT2D eigenvalue weighted by molar-refractivity contribution is 5.81. The monoisotopic (exact) mass is 246 g/mol. The highest BCUT2D eigenvalue weighted by atomic mass is 16.2. The molecule has 0 bridgehead atoms. The van der Waals surface area contributed by atoms with Crippen LogP contribution in [0.3, 0.4) is 0 Å². The van der Waals surface area contributed by atoms with Crippen molar-refractivity contribution in [3.8, 4) is 0 Å². The van der Waals surface area contributed by atoms with Gasteiger partial charge >= 0.3 is 0 Å². The lowest BCUT2D eigenvalue weighted by molar-refractivity contribution is -0.123. The standard InChI is InChI=1S/C15H22N2O/c1-15(8-5-9-15)11-17-14(18)13(16)10-12-6-3-2-4-7-12/h2-4,6-7,13H,5,8-11,16H2,1H3,(H,17,18). The van der Waals surface area contributed by atoms with Gasteiger partial charge in [0.2, 0.25) is 5.91 Å². The number of hydrogen-bond acceptors (Lipinski definition) is 2. The van der Waals surface area contributed by atoms with Crippen molar-refractivity contribution in [1.82, 2.24) is 5.32 Å². The van der Waals surface area contributed by atoms with Crippen LogP contribution in [0.25, 0.3) is 0 Å². The van der Waals surface area contributed by atoms with E-state index >= 15 is 0 Å². The van der Waals surface area contributed by atoms with E-state index in [9.17, 15) is 4.79 Å². The maximum Gasteiger partial charge on any atom is 0.237 e. The van der Waals surface area contributed by atoms with Crippen LogP contribution in [0.4, 0.5) is 0 Å². The molecular weight excluding hydrogens is 224 g/mol. The van der Waals surface area contributed by atoms with Crippen LogP contribution in [0.5, 0.6) is 0 Å². The van der Waals surface area contributed by atoms with Crippen molar-refractivity contribution >= 4 is 5.91 Å². The summed E-state index contributed by atoms with van der Waals surface area (Å²) in [4.78, 5) is 11.9. The Balaban J connectivity index is 1.78. The Kier molecular flexibility index (Phi) is 4.02. The van der Waals surface area contributed by atoms with E-state index in [0.29, 0.717) is 11.8 Å². The summed E-state index contributed by atoms with van der Waals surface area (Å²) in [6.45, 7) is 2.98. The van der Waals surface area contributed by atoms with Gasteiger partial charge in [0.1, 0.15) is 0 Å². The van der Waals surface area contributed by atoms with E-state index in [1.807, 2.05) is 30.3 Å². The zero-order valence-electron chi connectivity index (χ0n) is 11.0. The topological polar surface area (TPSA) is 55.1 Å². The summed E-state index contributed by atoms with van der Waals surface area (Å²) in [5, 5.41) is 2.98. The number of carbonyl (C=O) groups excluding carboxylic acids is 1. The molecule has 1 aliphatic carbocycles. The molecule has 1 atom stereocenters. The van der Waals surface area contributed by atoms with E-state index in [2.05, 4.69) is 12.2 Å². The predicted octanol–water partition coefficient (Wildman–Crippen LogP) is 1.86. The largest absolute Gasteiger partial charge is 0.354 e. The Morgan fingerprint density at radius 3 is 2.61 bits per heavy atom. The summed E-state index contributed by atoms with van der Waals surface area (Å²) in [7, 11) is 0. The summed E-state index contributed by atoms with van der Waals surface area (Å²) in [6.07, 6.45) is 4.30. The average molecular weight is 246 g/mol. The molecular formula is C15H22N2O. The van der Waals surface area contributed by atoms with Crippen molar-refractivity contribution in [2.24, 2.45) is 11.1 Å². The number of rotatable bonds is 5. The number of hydrogen-bond donors (Lipinski definition) is 2. The predicted molar refractivity (Wildman–Crippen MR) is 73.1 cm³/mol. The number of benzene rings is 1. The van der Waals surface area contributed by atoms with Crippen LogP contribution in [-0.2, 0) is 11.2 Å². The van der Waals surface area contributed by atoms with Gasteiger partial charge in [-0.3, -0.25) is 4.79 Å². The van der Waals surface area contributed by atoms with Gasteiger partial charge in [0.25, 0.3) is 0 Å². The molecule has 3 heteroatoms. The molecule has 98 valence electrons. The van der Waals surface area contributed by atoms with Gasteiger partial charge in [-0.05, 0) is 30.2 Å². The van der Waals surface area contributed by atoms with Crippen LogP contribution in [-0.4, -0.2) is 18.5 Å². The molecule has 18 heavy (non-hydrogen) atoms. The van der Waals surface area contributed by atoms with Gasteiger partial charge in [-0.2, -0.15) is 0 Å². The van der Waals surface area contributed by atoms with Crippen molar-refractivity contribution < 1.29 is 4.79 Å². The van der Waals surface area contributed by atoms with Crippen molar-refractivity contribution in [3.05, 3.63) is 35.9 Å². The Bertz CT molecular complexity index is 398. The van der Waals surface area contributed by atoms with Crippen molar-refractivity contribution in [1.29, 1.82) is 0 Å². The Labute approximate surface area is 109 Å². The van der Waals surface area contributed by atoms with E-state index in [1.54, 1.807) is 0 Å². The minimum Gasteiger partial charge on any atom is -0.354 e. The van der Waals surface area contributed by atoms with Gasteiger partial charge in [0.15, 0.2) is 0 Å². The van der Waals surface area contributed by atoms with E-state index in [1.165, 1.54) is 19.3 Å². The third-order valence-corrected chi connectivity index (χ3v) is 3.89. The highest BCUT2D eigenvalue weighted by Gasteiger charge is 2.32. The number of nitrogens with two attached hydrogens (primary N) is 1. The fourth-order valence-corrected chi connectivity index (χ4v) is 2.35. The Morgan fingerprint density at radius 1 is 1.39 bits per heavy atom. The fourth-order valence-electron chi connectivity index (χ4n) is 2.35. The highest BCUT2D eigenvalue weighted by Crippen LogP contribution is 2.39. The van der Waals surface area contributed by atoms with Crippen molar-refractivity contribution in [2.45, 2.75) is 38.6 Å². The van der Waals surface area contributed by atoms with Gasteiger partial charge in [0.05, 0.1) is 6.04 Å². The quantitative estimate of drug-likeness (QED) is 0.833. The number of nitrogens with one attached hydrogen (secondary N) is 1. The molecule has 1 amide bonds. The summed E-state index contributed by atoms with van der Waals surface area (Å²) >= 11 is 0. The summed E-state index contributed by atoms with van der Waals surface area (Å²) in [6, 6.07) is 9.45. The molecule has 1 saturated carbocycles. The molecule has 1 unspecified atom stereocenters. The molecule has 0 aliphatic heterocycles. The second-order valence-electron chi connectivity index (χ2n) is 5.68. The molecule has 0 radical (unpaired) electrons. The lowest BCUT2D eigenvalue weighted by Crippen LogP contribution is -2.47. The number of amides is 1. The van der Waals surface area contributed by atoms with E-state index < -0.39 is 6.04 Å². The van der Waals surface area contributed by atoms with Crippen molar-refractivity contribution in [3.63, 3.8) is 0 Å². The van der Waals surface area contributed by atoms with E-state index in [-0.39, 0.29) is 5.91 Å².